The van der Waals surface area contributed by atoms with Crippen molar-refractivity contribution in [3.8, 4) is 5.75 Å². The fourth-order valence-electron chi connectivity index (χ4n) is 1.64. The molecule has 0 N–H and O–H groups in total. The molecule has 0 aliphatic carbocycles. The lowest BCUT2D eigenvalue weighted by Crippen LogP contribution is -2.19. The SMILES string of the molecule is O=C(COc1ccccc1F)OCC(=O)c1ccc(Cl)c(Cl)c1. The monoisotopic (exact) mass is 356 g/mol. The molecule has 2 aromatic carbocycles. The summed E-state index contributed by atoms with van der Waals surface area (Å²) in [7, 11) is 0. The van der Waals surface area contributed by atoms with E-state index in [1.54, 1.807) is 6.07 Å². The summed E-state index contributed by atoms with van der Waals surface area (Å²) in [6.45, 7) is -0.979. The van der Waals surface area contributed by atoms with Gasteiger partial charge in [-0.15, -0.1) is 0 Å². The fraction of sp³-hybridized carbons (Fsp3) is 0.125. The lowest BCUT2D eigenvalue weighted by Gasteiger charge is -2.07. The predicted molar refractivity (Wildman–Crippen MR) is 83.6 cm³/mol. The highest BCUT2D eigenvalue weighted by Crippen LogP contribution is 2.22. The Kier molecular flexibility index (Phi) is 5.96. The van der Waals surface area contributed by atoms with Crippen LogP contribution in [-0.4, -0.2) is 25.0 Å². The average Bonchev–Trinajstić information content (AvgIpc) is 2.54. The first kappa shape index (κ1) is 17.2. The van der Waals surface area contributed by atoms with E-state index in [0.717, 1.165) is 0 Å². The second-order valence-electron chi connectivity index (χ2n) is 4.43. The van der Waals surface area contributed by atoms with Crippen molar-refractivity contribution < 1.29 is 23.5 Å². The molecule has 0 atom stereocenters. The van der Waals surface area contributed by atoms with Crippen molar-refractivity contribution in [2.45, 2.75) is 0 Å². The molecule has 0 heterocycles. The largest absolute Gasteiger partial charge is 0.479 e. The molecule has 0 aliphatic heterocycles. The first-order chi connectivity index (χ1) is 11.0. The second-order valence-corrected chi connectivity index (χ2v) is 5.25. The minimum atomic E-state index is -0.790. The van der Waals surface area contributed by atoms with Crippen LogP contribution in [0.1, 0.15) is 10.4 Å². The Balaban J connectivity index is 1.83. The molecular weight excluding hydrogens is 346 g/mol. The smallest absolute Gasteiger partial charge is 0.344 e. The molecule has 0 bridgehead atoms. The van der Waals surface area contributed by atoms with Gasteiger partial charge in [0.15, 0.2) is 30.6 Å². The molecule has 0 radical (unpaired) electrons. The van der Waals surface area contributed by atoms with Crippen LogP contribution in [0.15, 0.2) is 42.5 Å². The Morgan fingerprint density at radius 2 is 1.74 bits per heavy atom. The van der Waals surface area contributed by atoms with Crippen LogP contribution in [0, 0.1) is 5.82 Å². The molecule has 0 unspecified atom stereocenters. The average molecular weight is 357 g/mol. The van der Waals surface area contributed by atoms with E-state index in [-0.39, 0.29) is 16.3 Å². The quantitative estimate of drug-likeness (QED) is 0.581. The van der Waals surface area contributed by atoms with Crippen molar-refractivity contribution >= 4 is 35.0 Å². The van der Waals surface area contributed by atoms with Crippen molar-refractivity contribution in [1.82, 2.24) is 0 Å². The molecule has 0 aromatic heterocycles. The number of ether oxygens (including phenoxy) is 2. The molecule has 0 aliphatic rings. The highest BCUT2D eigenvalue weighted by Gasteiger charge is 2.12. The highest BCUT2D eigenvalue weighted by molar-refractivity contribution is 6.42. The number of rotatable bonds is 6. The topological polar surface area (TPSA) is 52.6 Å². The highest BCUT2D eigenvalue weighted by atomic mass is 35.5. The van der Waals surface area contributed by atoms with Gasteiger partial charge in [0.1, 0.15) is 0 Å². The third kappa shape index (κ3) is 4.94. The summed E-state index contributed by atoms with van der Waals surface area (Å²) in [4.78, 5) is 23.4. The van der Waals surface area contributed by atoms with E-state index in [1.165, 1.54) is 36.4 Å². The van der Waals surface area contributed by atoms with Gasteiger partial charge in [0.2, 0.25) is 0 Å². The van der Waals surface area contributed by atoms with Crippen LogP contribution in [0.25, 0.3) is 0 Å². The predicted octanol–water partition coefficient (Wildman–Crippen LogP) is 3.94. The van der Waals surface area contributed by atoms with Crippen molar-refractivity contribution in [2.75, 3.05) is 13.2 Å². The van der Waals surface area contributed by atoms with Gasteiger partial charge in [-0.05, 0) is 30.3 Å². The molecule has 0 saturated carbocycles. The molecule has 0 spiro atoms. The van der Waals surface area contributed by atoms with Gasteiger partial charge < -0.3 is 9.47 Å². The van der Waals surface area contributed by atoms with E-state index in [2.05, 4.69) is 0 Å². The summed E-state index contributed by atoms with van der Waals surface area (Å²) in [5.74, 6) is -1.89. The second kappa shape index (κ2) is 7.94. The van der Waals surface area contributed by atoms with Gasteiger partial charge in [-0.1, -0.05) is 35.3 Å². The van der Waals surface area contributed by atoms with Crippen LogP contribution in [0.5, 0.6) is 5.75 Å². The van der Waals surface area contributed by atoms with Gasteiger partial charge in [-0.25, -0.2) is 9.18 Å². The van der Waals surface area contributed by atoms with Crippen LogP contribution in [0.4, 0.5) is 4.39 Å². The lowest BCUT2D eigenvalue weighted by atomic mass is 10.1. The number of Topliss-reactive ketones (excluding diaryl/α,β-unsaturated/α-hetero) is 1. The van der Waals surface area contributed by atoms with Crippen LogP contribution in [0.3, 0.4) is 0 Å². The number of halogens is 3. The number of benzene rings is 2. The van der Waals surface area contributed by atoms with E-state index in [0.29, 0.717) is 5.02 Å². The minimum absolute atomic E-state index is 0.0692. The molecule has 2 rings (SSSR count). The minimum Gasteiger partial charge on any atom is -0.479 e. The maximum Gasteiger partial charge on any atom is 0.344 e. The molecule has 0 amide bonds. The molecule has 120 valence electrons. The van der Waals surface area contributed by atoms with Crippen LogP contribution in [0.2, 0.25) is 10.0 Å². The number of para-hydroxylation sites is 1. The summed E-state index contributed by atoms with van der Waals surface area (Å²) in [5.41, 5.74) is 0.266. The first-order valence-electron chi connectivity index (χ1n) is 6.48. The zero-order valence-corrected chi connectivity index (χ0v) is 13.2. The van der Waals surface area contributed by atoms with Gasteiger partial charge in [-0.2, -0.15) is 0 Å². The number of ketones is 1. The van der Waals surface area contributed by atoms with Gasteiger partial charge in [0.05, 0.1) is 10.0 Å². The molecule has 0 saturated heterocycles. The fourth-order valence-corrected chi connectivity index (χ4v) is 1.94. The zero-order valence-electron chi connectivity index (χ0n) is 11.7. The van der Waals surface area contributed by atoms with Gasteiger partial charge in [-0.3, -0.25) is 4.79 Å². The van der Waals surface area contributed by atoms with Crippen LogP contribution in [-0.2, 0) is 9.53 Å². The zero-order chi connectivity index (χ0) is 16.8. The van der Waals surface area contributed by atoms with Gasteiger partial charge in [0, 0.05) is 5.56 Å². The Bertz CT molecular complexity index is 734. The summed E-state index contributed by atoms with van der Waals surface area (Å²) in [5, 5.41) is 0.547. The van der Waals surface area contributed by atoms with Gasteiger partial charge >= 0.3 is 5.97 Å². The number of carbonyl (C=O) groups is 2. The number of hydrogen-bond donors (Lipinski definition) is 0. The molecule has 7 heteroatoms. The molecule has 4 nitrogen and oxygen atoms in total. The summed E-state index contributed by atoms with van der Waals surface area (Å²) < 4.78 is 23.0. The third-order valence-corrected chi connectivity index (χ3v) is 3.53. The summed E-state index contributed by atoms with van der Waals surface area (Å²) in [6.07, 6.45) is 0. The Morgan fingerprint density at radius 3 is 2.43 bits per heavy atom. The molecular formula is C16H11Cl2FO4. The summed E-state index contributed by atoms with van der Waals surface area (Å²) >= 11 is 11.6. The maximum atomic E-state index is 13.3. The number of hydrogen-bond acceptors (Lipinski definition) is 4. The van der Waals surface area contributed by atoms with Crippen LogP contribution >= 0.6 is 23.2 Å². The van der Waals surface area contributed by atoms with Gasteiger partial charge in [0.25, 0.3) is 0 Å². The standard InChI is InChI=1S/C16H11Cl2FO4/c17-11-6-5-10(7-12(11)18)14(20)8-23-16(21)9-22-15-4-2-1-3-13(15)19/h1-7H,8-9H2. The summed E-state index contributed by atoms with van der Waals surface area (Å²) in [6, 6.07) is 9.97. The first-order valence-corrected chi connectivity index (χ1v) is 7.24. The number of esters is 1. The molecule has 23 heavy (non-hydrogen) atoms. The van der Waals surface area contributed by atoms with E-state index in [9.17, 15) is 14.0 Å². The van der Waals surface area contributed by atoms with Crippen molar-refractivity contribution in [3.63, 3.8) is 0 Å². The van der Waals surface area contributed by atoms with E-state index in [1.807, 2.05) is 0 Å². The van der Waals surface area contributed by atoms with E-state index < -0.39 is 30.8 Å². The lowest BCUT2D eigenvalue weighted by molar-refractivity contribution is -0.144. The normalized spacial score (nSPS) is 10.2. The van der Waals surface area contributed by atoms with Crippen molar-refractivity contribution in [3.05, 3.63) is 63.9 Å². The van der Waals surface area contributed by atoms with Crippen molar-refractivity contribution in [1.29, 1.82) is 0 Å². The number of carbonyl (C=O) groups excluding carboxylic acids is 2. The van der Waals surface area contributed by atoms with E-state index in [4.69, 9.17) is 32.7 Å². The molecule has 0 fully saturated rings. The maximum absolute atomic E-state index is 13.3. The Hall–Kier alpha value is -2.11. The third-order valence-electron chi connectivity index (χ3n) is 2.79. The van der Waals surface area contributed by atoms with Crippen LogP contribution < -0.4 is 4.74 Å². The van der Waals surface area contributed by atoms with E-state index >= 15 is 0 Å². The Morgan fingerprint density at radius 1 is 1.00 bits per heavy atom. The van der Waals surface area contributed by atoms with Crippen molar-refractivity contribution in [2.24, 2.45) is 0 Å². The molecule has 2 aromatic rings. The Labute approximate surface area is 141 Å².